The van der Waals surface area contributed by atoms with Gasteiger partial charge < -0.3 is 4.90 Å². The van der Waals surface area contributed by atoms with Gasteiger partial charge in [-0.2, -0.15) is 0 Å². The molecule has 0 N–H and O–H groups in total. The van der Waals surface area contributed by atoms with Crippen molar-refractivity contribution in [1.82, 2.24) is 9.80 Å². The molecule has 19 heavy (non-hydrogen) atoms. The standard InChI is InChI=1S/C14H18BrFN2O/c1-10(2)17-6-8-18(9-7-17)14(19)11-4-3-5-12(16)13(11)15/h3-5,10H,6-9H2,1-2H3. The largest absolute Gasteiger partial charge is 0.336 e. The highest BCUT2D eigenvalue weighted by atomic mass is 79.9. The molecule has 0 aliphatic carbocycles. The van der Waals surface area contributed by atoms with Gasteiger partial charge in [-0.1, -0.05) is 6.07 Å². The van der Waals surface area contributed by atoms with Crippen LogP contribution in [0.5, 0.6) is 0 Å². The maximum atomic E-state index is 13.4. The van der Waals surface area contributed by atoms with Gasteiger partial charge in [0.2, 0.25) is 0 Å². The Bertz CT molecular complexity index is 471. The first-order valence-electron chi connectivity index (χ1n) is 6.48. The van der Waals surface area contributed by atoms with E-state index in [1.54, 1.807) is 17.0 Å². The van der Waals surface area contributed by atoms with Crippen molar-refractivity contribution in [3.05, 3.63) is 34.1 Å². The fraction of sp³-hybridized carbons (Fsp3) is 0.500. The third-order valence-corrected chi connectivity index (χ3v) is 4.32. The number of piperazine rings is 1. The molecule has 1 fully saturated rings. The van der Waals surface area contributed by atoms with Crippen LogP contribution in [0, 0.1) is 5.82 Å². The van der Waals surface area contributed by atoms with Crippen LogP contribution in [-0.2, 0) is 0 Å². The molecule has 3 nitrogen and oxygen atoms in total. The molecule has 2 rings (SSSR count). The molecule has 0 atom stereocenters. The number of nitrogens with zero attached hydrogens (tertiary/aromatic N) is 2. The number of rotatable bonds is 2. The van der Waals surface area contributed by atoms with E-state index in [4.69, 9.17) is 0 Å². The normalized spacial score (nSPS) is 17.0. The summed E-state index contributed by atoms with van der Waals surface area (Å²) in [4.78, 5) is 16.5. The molecule has 0 bridgehead atoms. The number of halogens is 2. The highest BCUT2D eigenvalue weighted by Crippen LogP contribution is 2.22. The average Bonchev–Trinajstić information content (AvgIpc) is 2.41. The van der Waals surface area contributed by atoms with Crippen molar-refractivity contribution in [3.63, 3.8) is 0 Å². The summed E-state index contributed by atoms with van der Waals surface area (Å²) in [6.07, 6.45) is 0. The van der Waals surface area contributed by atoms with Crippen molar-refractivity contribution in [2.45, 2.75) is 19.9 Å². The van der Waals surface area contributed by atoms with Gasteiger partial charge in [0.25, 0.3) is 5.91 Å². The lowest BCUT2D eigenvalue weighted by Gasteiger charge is -2.37. The Labute approximate surface area is 121 Å². The van der Waals surface area contributed by atoms with Crippen LogP contribution >= 0.6 is 15.9 Å². The maximum absolute atomic E-state index is 13.4. The monoisotopic (exact) mass is 328 g/mol. The van der Waals surface area contributed by atoms with E-state index in [1.165, 1.54) is 6.07 Å². The van der Waals surface area contributed by atoms with Gasteiger partial charge in [0.05, 0.1) is 10.0 Å². The number of hydrogen-bond donors (Lipinski definition) is 0. The van der Waals surface area contributed by atoms with E-state index in [0.717, 1.165) is 13.1 Å². The molecular formula is C14H18BrFN2O. The van der Waals surface area contributed by atoms with Gasteiger partial charge in [-0.3, -0.25) is 9.69 Å². The first-order valence-corrected chi connectivity index (χ1v) is 7.27. The second kappa shape index (κ2) is 6.01. The summed E-state index contributed by atoms with van der Waals surface area (Å²) in [6, 6.07) is 5.07. The quantitative estimate of drug-likeness (QED) is 0.833. The van der Waals surface area contributed by atoms with Gasteiger partial charge in [-0.05, 0) is 41.9 Å². The summed E-state index contributed by atoms with van der Waals surface area (Å²) in [5, 5.41) is 0. The van der Waals surface area contributed by atoms with E-state index in [-0.39, 0.29) is 10.4 Å². The third-order valence-electron chi connectivity index (χ3n) is 3.51. The Balaban J connectivity index is 2.07. The molecule has 1 aliphatic rings. The SMILES string of the molecule is CC(C)N1CCN(C(=O)c2cccc(F)c2Br)CC1. The molecule has 0 aromatic heterocycles. The number of benzene rings is 1. The molecule has 1 saturated heterocycles. The Hall–Kier alpha value is -0.940. The van der Waals surface area contributed by atoms with Crippen LogP contribution in [0.2, 0.25) is 0 Å². The fourth-order valence-corrected chi connectivity index (χ4v) is 2.71. The number of hydrogen-bond acceptors (Lipinski definition) is 2. The molecule has 0 unspecified atom stereocenters. The summed E-state index contributed by atoms with van der Waals surface area (Å²) in [6.45, 7) is 7.44. The molecule has 0 saturated carbocycles. The van der Waals surface area contributed by atoms with E-state index in [2.05, 4.69) is 34.7 Å². The van der Waals surface area contributed by atoms with Gasteiger partial charge in [0.15, 0.2) is 0 Å². The second-order valence-corrected chi connectivity index (χ2v) is 5.82. The molecule has 1 aromatic rings. The highest BCUT2D eigenvalue weighted by molar-refractivity contribution is 9.10. The predicted molar refractivity (Wildman–Crippen MR) is 76.7 cm³/mol. The van der Waals surface area contributed by atoms with Gasteiger partial charge in [-0.15, -0.1) is 0 Å². The molecule has 1 amide bonds. The summed E-state index contributed by atoms with van der Waals surface area (Å²) in [7, 11) is 0. The predicted octanol–water partition coefficient (Wildman–Crippen LogP) is 2.75. The summed E-state index contributed by atoms with van der Waals surface area (Å²) < 4.78 is 13.7. The zero-order valence-electron chi connectivity index (χ0n) is 11.2. The Kier molecular flexibility index (Phi) is 4.58. The topological polar surface area (TPSA) is 23.6 Å². The molecule has 0 radical (unpaired) electrons. The number of carbonyl (C=O) groups excluding carboxylic acids is 1. The number of carbonyl (C=O) groups is 1. The zero-order valence-corrected chi connectivity index (χ0v) is 12.8. The second-order valence-electron chi connectivity index (χ2n) is 5.02. The molecular weight excluding hydrogens is 311 g/mol. The summed E-state index contributed by atoms with van der Waals surface area (Å²) in [5.41, 5.74) is 0.401. The Morgan fingerprint density at radius 2 is 1.89 bits per heavy atom. The van der Waals surface area contributed by atoms with Crippen molar-refractivity contribution in [1.29, 1.82) is 0 Å². The van der Waals surface area contributed by atoms with Crippen LogP contribution in [-0.4, -0.2) is 47.9 Å². The lowest BCUT2D eigenvalue weighted by atomic mass is 10.1. The van der Waals surface area contributed by atoms with Crippen molar-refractivity contribution in [3.8, 4) is 0 Å². The maximum Gasteiger partial charge on any atom is 0.255 e. The molecule has 0 spiro atoms. The minimum Gasteiger partial charge on any atom is -0.336 e. The number of amides is 1. The van der Waals surface area contributed by atoms with Crippen molar-refractivity contribution in [2.24, 2.45) is 0 Å². The van der Waals surface area contributed by atoms with Crippen LogP contribution in [0.1, 0.15) is 24.2 Å². The first kappa shape index (κ1) is 14.5. The Morgan fingerprint density at radius 1 is 1.26 bits per heavy atom. The van der Waals surface area contributed by atoms with E-state index in [9.17, 15) is 9.18 Å². The smallest absolute Gasteiger partial charge is 0.255 e. The fourth-order valence-electron chi connectivity index (χ4n) is 2.28. The van der Waals surface area contributed by atoms with E-state index < -0.39 is 5.82 Å². The Morgan fingerprint density at radius 3 is 2.47 bits per heavy atom. The zero-order chi connectivity index (χ0) is 14.0. The van der Waals surface area contributed by atoms with Gasteiger partial charge in [-0.25, -0.2) is 4.39 Å². The van der Waals surface area contributed by atoms with Crippen LogP contribution in [0.3, 0.4) is 0 Å². The van der Waals surface area contributed by atoms with Crippen molar-refractivity contribution < 1.29 is 9.18 Å². The van der Waals surface area contributed by atoms with Gasteiger partial charge in [0, 0.05) is 32.2 Å². The minimum atomic E-state index is -0.397. The van der Waals surface area contributed by atoms with Gasteiger partial charge in [0.1, 0.15) is 5.82 Å². The average molecular weight is 329 g/mol. The van der Waals surface area contributed by atoms with E-state index in [0.29, 0.717) is 24.7 Å². The summed E-state index contributed by atoms with van der Waals surface area (Å²) >= 11 is 3.15. The van der Waals surface area contributed by atoms with Crippen LogP contribution in [0.4, 0.5) is 4.39 Å². The molecule has 104 valence electrons. The lowest BCUT2D eigenvalue weighted by Crippen LogP contribution is -2.50. The minimum absolute atomic E-state index is 0.102. The van der Waals surface area contributed by atoms with Crippen molar-refractivity contribution >= 4 is 21.8 Å². The van der Waals surface area contributed by atoms with E-state index in [1.807, 2.05) is 0 Å². The van der Waals surface area contributed by atoms with Crippen LogP contribution < -0.4 is 0 Å². The van der Waals surface area contributed by atoms with Gasteiger partial charge >= 0.3 is 0 Å². The highest BCUT2D eigenvalue weighted by Gasteiger charge is 2.25. The molecule has 5 heteroatoms. The van der Waals surface area contributed by atoms with Crippen LogP contribution in [0.25, 0.3) is 0 Å². The summed E-state index contributed by atoms with van der Waals surface area (Å²) in [5.74, 6) is -0.499. The molecule has 1 aromatic carbocycles. The molecule has 1 aliphatic heterocycles. The van der Waals surface area contributed by atoms with Crippen LogP contribution in [0.15, 0.2) is 22.7 Å². The molecule has 1 heterocycles. The lowest BCUT2D eigenvalue weighted by molar-refractivity contribution is 0.0594. The van der Waals surface area contributed by atoms with E-state index >= 15 is 0 Å². The first-order chi connectivity index (χ1) is 9.00. The van der Waals surface area contributed by atoms with Crippen molar-refractivity contribution in [2.75, 3.05) is 26.2 Å². The third kappa shape index (κ3) is 3.15.